The summed E-state index contributed by atoms with van der Waals surface area (Å²) >= 11 is 0. The first-order chi connectivity index (χ1) is 13.5. The second-order valence-corrected chi connectivity index (χ2v) is 7.01. The van der Waals surface area contributed by atoms with Gasteiger partial charge in [-0.2, -0.15) is 0 Å². The molecule has 0 aliphatic carbocycles. The van der Waals surface area contributed by atoms with Crippen molar-refractivity contribution in [2.45, 2.75) is 53.0 Å². The maximum atomic E-state index is 11.6. The Morgan fingerprint density at radius 1 is 1.21 bits per heavy atom. The van der Waals surface area contributed by atoms with Crippen molar-refractivity contribution in [3.8, 4) is 11.3 Å². The van der Waals surface area contributed by atoms with E-state index in [9.17, 15) is 4.79 Å². The number of carbonyl (C=O) groups excluding carboxylic acids is 1. The molecule has 3 aromatic rings. The summed E-state index contributed by atoms with van der Waals surface area (Å²) in [6.07, 6.45) is 4.62. The lowest BCUT2D eigenvalue weighted by molar-refractivity contribution is 0.101. The van der Waals surface area contributed by atoms with Crippen LogP contribution in [-0.4, -0.2) is 39.0 Å². The van der Waals surface area contributed by atoms with Crippen LogP contribution in [0.4, 0.5) is 0 Å². The molecule has 0 aromatic carbocycles. The highest BCUT2D eigenvalue weighted by atomic mass is 16.5. The highest BCUT2D eigenvalue weighted by Crippen LogP contribution is 2.32. The van der Waals surface area contributed by atoms with E-state index in [1.54, 1.807) is 13.2 Å². The second-order valence-electron chi connectivity index (χ2n) is 7.01. The molecular weight excluding hydrogens is 352 g/mol. The van der Waals surface area contributed by atoms with Crippen molar-refractivity contribution in [3.05, 3.63) is 41.6 Å². The monoisotopic (exact) mass is 380 g/mol. The van der Waals surface area contributed by atoms with Crippen LogP contribution in [0.5, 0.6) is 0 Å². The molecule has 0 saturated heterocycles. The van der Waals surface area contributed by atoms with Gasteiger partial charge in [0.15, 0.2) is 5.78 Å². The number of methoxy groups -OCH3 is 1. The molecular formula is C22H28N4O2. The lowest BCUT2D eigenvalue weighted by atomic mass is 10.1. The van der Waals surface area contributed by atoms with Gasteiger partial charge in [-0.25, -0.2) is 9.97 Å². The average molecular weight is 380 g/mol. The van der Waals surface area contributed by atoms with Crippen LogP contribution in [0.3, 0.4) is 0 Å². The Bertz CT molecular complexity index is 994. The van der Waals surface area contributed by atoms with Crippen LogP contribution in [0.1, 0.15) is 61.7 Å². The Labute approximate surface area is 166 Å². The number of hydrogen-bond acceptors (Lipinski definition) is 5. The van der Waals surface area contributed by atoms with Crippen LogP contribution in [0.2, 0.25) is 0 Å². The number of rotatable bonds is 8. The number of ketones is 1. The highest BCUT2D eigenvalue weighted by molar-refractivity contribution is 5.94. The SMILES string of the molecule is CCc1nc2c(-c3ccc(C(C)=O)nc3C)nccc2n1C(CC)CCOC. The molecule has 1 unspecified atom stereocenters. The smallest absolute Gasteiger partial charge is 0.178 e. The van der Waals surface area contributed by atoms with Gasteiger partial charge in [0.05, 0.1) is 11.2 Å². The van der Waals surface area contributed by atoms with E-state index in [0.29, 0.717) is 11.7 Å². The zero-order chi connectivity index (χ0) is 20.3. The van der Waals surface area contributed by atoms with E-state index in [0.717, 1.165) is 59.7 Å². The Hall–Kier alpha value is -2.60. The fourth-order valence-electron chi connectivity index (χ4n) is 3.70. The van der Waals surface area contributed by atoms with Crippen molar-refractivity contribution in [3.63, 3.8) is 0 Å². The van der Waals surface area contributed by atoms with Gasteiger partial charge in [0, 0.05) is 50.6 Å². The van der Waals surface area contributed by atoms with E-state index in [1.807, 2.05) is 25.3 Å². The molecule has 0 spiro atoms. The molecule has 0 radical (unpaired) electrons. The molecule has 0 saturated carbocycles. The van der Waals surface area contributed by atoms with E-state index in [1.165, 1.54) is 6.92 Å². The van der Waals surface area contributed by atoms with Crippen LogP contribution >= 0.6 is 0 Å². The topological polar surface area (TPSA) is 69.9 Å². The number of aromatic nitrogens is 4. The summed E-state index contributed by atoms with van der Waals surface area (Å²) in [5.41, 5.74) is 4.95. The number of fused-ring (bicyclic) bond motifs is 1. The molecule has 3 rings (SSSR count). The Kier molecular flexibility index (Phi) is 6.19. The number of aryl methyl sites for hydroxylation is 2. The summed E-state index contributed by atoms with van der Waals surface area (Å²) in [6.45, 7) is 8.48. The van der Waals surface area contributed by atoms with Gasteiger partial charge in [0.25, 0.3) is 0 Å². The Balaban J connectivity index is 2.18. The van der Waals surface area contributed by atoms with Crippen molar-refractivity contribution in [2.75, 3.05) is 13.7 Å². The zero-order valence-corrected chi connectivity index (χ0v) is 17.3. The number of Topliss-reactive ketones (excluding diaryl/α,β-unsaturated/α-hetero) is 1. The van der Waals surface area contributed by atoms with Gasteiger partial charge in [0.1, 0.15) is 17.0 Å². The molecule has 0 fully saturated rings. The first-order valence-electron chi connectivity index (χ1n) is 9.85. The van der Waals surface area contributed by atoms with Crippen molar-refractivity contribution < 1.29 is 9.53 Å². The largest absolute Gasteiger partial charge is 0.385 e. The first kappa shape index (κ1) is 20.1. The molecule has 3 aromatic heterocycles. The summed E-state index contributed by atoms with van der Waals surface area (Å²) in [4.78, 5) is 25.7. The zero-order valence-electron chi connectivity index (χ0n) is 17.3. The third kappa shape index (κ3) is 3.69. The minimum atomic E-state index is -0.0395. The van der Waals surface area contributed by atoms with E-state index in [2.05, 4.69) is 28.4 Å². The van der Waals surface area contributed by atoms with Gasteiger partial charge in [0.2, 0.25) is 0 Å². The van der Waals surface area contributed by atoms with E-state index in [4.69, 9.17) is 9.72 Å². The number of carbonyl (C=O) groups is 1. The molecule has 3 heterocycles. The summed E-state index contributed by atoms with van der Waals surface area (Å²) < 4.78 is 7.65. The normalized spacial score (nSPS) is 12.5. The summed E-state index contributed by atoms with van der Waals surface area (Å²) in [6, 6.07) is 6.05. The third-order valence-corrected chi connectivity index (χ3v) is 5.19. The lowest BCUT2D eigenvalue weighted by Crippen LogP contribution is -2.13. The highest BCUT2D eigenvalue weighted by Gasteiger charge is 2.21. The van der Waals surface area contributed by atoms with Crippen molar-refractivity contribution in [1.29, 1.82) is 0 Å². The standard InChI is InChI=1S/C22H28N4O2/c1-6-16(11-13-28-5)26-19-10-12-23-21(22(19)25-20(26)7-2)17-8-9-18(15(4)27)24-14(17)3/h8-10,12,16H,6-7,11,13H2,1-5H3. The van der Waals surface area contributed by atoms with Gasteiger partial charge in [-0.05, 0) is 38.0 Å². The number of imidazole rings is 1. The Morgan fingerprint density at radius 2 is 2.00 bits per heavy atom. The van der Waals surface area contributed by atoms with Gasteiger partial charge in [-0.3, -0.25) is 9.78 Å². The Morgan fingerprint density at radius 3 is 2.61 bits per heavy atom. The fourth-order valence-corrected chi connectivity index (χ4v) is 3.70. The van der Waals surface area contributed by atoms with Crippen molar-refractivity contribution >= 4 is 16.8 Å². The molecule has 0 amide bonds. The van der Waals surface area contributed by atoms with Gasteiger partial charge >= 0.3 is 0 Å². The maximum absolute atomic E-state index is 11.6. The third-order valence-electron chi connectivity index (χ3n) is 5.19. The first-order valence-corrected chi connectivity index (χ1v) is 9.85. The predicted octanol–water partition coefficient (Wildman–Crippen LogP) is 4.55. The molecule has 1 atom stereocenters. The van der Waals surface area contributed by atoms with Crippen LogP contribution in [-0.2, 0) is 11.2 Å². The molecule has 28 heavy (non-hydrogen) atoms. The van der Waals surface area contributed by atoms with Crippen molar-refractivity contribution in [1.82, 2.24) is 19.5 Å². The minimum absolute atomic E-state index is 0.0395. The van der Waals surface area contributed by atoms with Gasteiger partial charge in [-0.15, -0.1) is 0 Å². The average Bonchev–Trinajstić information content (AvgIpc) is 3.07. The molecule has 148 valence electrons. The van der Waals surface area contributed by atoms with E-state index >= 15 is 0 Å². The number of hydrogen-bond donors (Lipinski definition) is 0. The van der Waals surface area contributed by atoms with Crippen LogP contribution < -0.4 is 0 Å². The molecule has 6 heteroatoms. The lowest BCUT2D eigenvalue weighted by Gasteiger charge is -2.20. The maximum Gasteiger partial charge on any atom is 0.178 e. The summed E-state index contributed by atoms with van der Waals surface area (Å²) in [5.74, 6) is 1.01. The van der Waals surface area contributed by atoms with Crippen LogP contribution in [0, 0.1) is 6.92 Å². The molecule has 0 aliphatic heterocycles. The van der Waals surface area contributed by atoms with Crippen LogP contribution in [0.15, 0.2) is 24.4 Å². The predicted molar refractivity (Wildman–Crippen MR) is 111 cm³/mol. The van der Waals surface area contributed by atoms with Gasteiger partial charge in [-0.1, -0.05) is 13.8 Å². The molecule has 0 N–H and O–H groups in total. The van der Waals surface area contributed by atoms with Crippen molar-refractivity contribution in [2.24, 2.45) is 0 Å². The number of nitrogens with zero attached hydrogens (tertiary/aromatic N) is 4. The fraction of sp³-hybridized carbons (Fsp3) is 0.455. The van der Waals surface area contributed by atoms with Crippen LogP contribution in [0.25, 0.3) is 22.3 Å². The number of pyridine rings is 2. The summed E-state index contributed by atoms with van der Waals surface area (Å²) in [7, 11) is 1.74. The molecule has 0 aliphatic rings. The number of ether oxygens (including phenoxy) is 1. The van der Waals surface area contributed by atoms with E-state index in [-0.39, 0.29) is 5.78 Å². The molecule has 6 nitrogen and oxygen atoms in total. The van der Waals surface area contributed by atoms with E-state index < -0.39 is 0 Å². The second kappa shape index (κ2) is 8.61. The summed E-state index contributed by atoms with van der Waals surface area (Å²) in [5, 5.41) is 0. The van der Waals surface area contributed by atoms with Gasteiger partial charge < -0.3 is 9.30 Å². The minimum Gasteiger partial charge on any atom is -0.385 e. The molecule has 0 bridgehead atoms. The quantitative estimate of drug-likeness (QED) is 0.536.